The van der Waals surface area contributed by atoms with Crippen LogP contribution in [-0.2, 0) is 16.1 Å². The fraction of sp³-hybridized carbons (Fsp3) is 0.429. The molecular formula is C14H18N2O5. The van der Waals surface area contributed by atoms with Crippen LogP contribution in [0, 0.1) is 5.21 Å². The molecule has 114 valence electrons. The normalized spacial score (nSPS) is 17.5. The zero-order valence-corrected chi connectivity index (χ0v) is 12.1. The number of fused-ring (bicyclic) bond motifs is 1. The number of carbonyl (C=O) groups is 2. The van der Waals surface area contributed by atoms with E-state index in [-0.39, 0.29) is 6.54 Å². The molecule has 0 radical (unpaired) electrons. The smallest absolute Gasteiger partial charge is 0.411 e. The molecule has 21 heavy (non-hydrogen) atoms. The summed E-state index contributed by atoms with van der Waals surface area (Å²) in [6.45, 7) is 5.30. The summed E-state index contributed by atoms with van der Waals surface area (Å²) in [4.78, 5) is 24.8. The summed E-state index contributed by atoms with van der Waals surface area (Å²) in [5.74, 6) is -1.15. The van der Waals surface area contributed by atoms with Gasteiger partial charge in [-0.25, -0.2) is 9.59 Å². The molecule has 0 bridgehead atoms. The zero-order chi connectivity index (χ0) is 15.8. The Morgan fingerprint density at radius 1 is 1.43 bits per heavy atom. The number of nitrogens with two attached hydrogens (primary N) is 1. The van der Waals surface area contributed by atoms with E-state index < -0.39 is 23.7 Å². The molecule has 1 atom stereocenters. The van der Waals surface area contributed by atoms with Gasteiger partial charge >= 0.3 is 12.1 Å². The Balaban J connectivity index is 2.34. The summed E-state index contributed by atoms with van der Waals surface area (Å²) in [7, 11) is 0. The standard InChI is InChI=1S/C14H18N2O5/c1-14(2,3)21-13(19)16-7-8-4-5-9(15-20)6-10(8)11(16)12(17)18/h4-6,11H,7,15H2,1-3H3,(H,17,18)/t11-/m0/s1. The number of hydrogen-bond donors (Lipinski definition) is 2. The number of carboxylic acids is 1. The Labute approximate surface area is 122 Å². The maximum atomic E-state index is 12.2. The Morgan fingerprint density at radius 3 is 2.62 bits per heavy atom. The fourth-order valence-corrected chi connectivity index (χ4v) is 2.28. The zero-order valence-electron chi connectivity index (χ0n) is 12.1. The summed E-state index contributed by atoms with van der Waals surface area (Å²) in [5, 5.41) is 20.2. The highest BCUT2D eigenvalue weighted by Crippen LogP contribution is 2.35. The molecule has 7 heteroatoms. The largest absolute Gasteiger partial charge is 0.630 e. The van der Waals surface area contributed by atoms with Gasteiger partial charge in [-0.15, -0.1) is 0 Å². The van der Waals surface area contributed by atoms with Crippen LogP contribution in [0.25, 0.3) is 0 Å². The molecule has 0 unspecified atom stereocenters. The molecule has 0 saturated carbocycles. The summed E-state index contributed by atoms with van der Waals surface area (Å²) in [6, 6.07) is 3.64. The number of carboxylic acid groups (broad SMARTS) is 1. The van der Waals surface area contributed by atoms with Crippen LogP contribution in [0.15, 0.2) is 18.2 Å². The van der Waals surface area contributed by atoms with Crippen LogP contribution in [0.3, 0.4) is 0 Å². The van der Waals surface area contributed by atoms with Crippen molar-refractivity contribution in [1.29, 1.82) is 0 Å². The number of nitrogens with zero attached hydrogens (tertiary/aromatic N) is 1. The van der Waals surface area contributed by atoms with Crippen LogP contribution in [0.4, 0.5) is 10.5 Å². The van der Waals surface area contributed by atoms with E-state index in [1.807, 2.05) is 0 Å². The van der Waals surface area contributed by atoms with E-state index in [0.29, 0.717) is 22.3 Å². The number of hydrogen-bond acceptors (Lipinski definition) is 4. The van der Waals surface area contributed by atoms with Crippen molar-refractivity contribution in [1.82, 2.24) is 4.90 Å². The predicted octanol–water partition coefficient (Wildman–Crippen LogP) is 1.26. The second-order valence-electron chi connectivity index (χ2n) is 5.93. The Morgan fingerprint density at radius 2 is 2.10 bits per heavy atom. The van der Waals surface area contributed by atoms with Crippen molar-refractivity contribution < 1.29 is 24.9 Å². The van der Waals surface area contributed by atoms with Gasteiger partial charge in [0, 0.05) is 6.07 Å². The fourth-order valence-electron chi connectivity index (χ4n) is 2.28. The molecule has 0 saturated heterocycles. The van der Waals surface area contributed by atoms with Crippen LogP contribution in [0.5, 0.6) is 0 Å². The first-order valence-electron chi connectivity index (χ1n) is 6.53. The van der Waals surface area contributed by atoms with Crippen LogP contribution < -0.4 is 5.48 Å². The number of carbonyl (C=O) groups excluding carboxylic acids is 1. The van der Waals surface area contributed by atoms with Crippen LogP contribution >= 0.6 is 0 Å². The molecule has 7 nitrogen and oxygen atoms in total. The second-order valence-corrected chi connectivity index (χ2v) is 5.93. The van der Waals surface area contributed by atoms with Crippen molar-refractivity contribution >= 4 is 17.7 Å². The van der Waals surface area contributed by atoms with Gasteiger partial charge in [-0.1, -0.05) is 6.07 Å². The summed E-state index contributed by atoms with van der Waals surface area (Å²) < 4.78 is 5.24. The van der Waals surface area contributed by atoms with E-state index in [2.05, 4.69) is 0 Å². The minimum absolute atomic E-state index is 0.153. The third-order valence-corrected chi connectivity index (χ3v) is 3.11. The van der Waals surface area contributed by atoms with Crippen molar-refractivity contribution in [2.75, 3.05) is 0 Å². The number of quaternary nitrogens is 1. The van der Waals surface area contributed by atoms with Gasteiger partial charge in [0.1, 0.15) is 11.3 Å². The average Bonchev–Trinajstić information content (AvgIpc) is 2.74. The number of amides is 1. The summed E-state index contributed by atoms with van der Waals surface area (Å²) in [6.07, 6.45) is -0.682. The topological polar surface area (TPSA) is 107 Å². The molecule has 1 amide bonds. The Hall–Kier alpha value is -2.12. The van der Waals surface area contributed by atoms with Crippen LogP contribution in [0.1, 0.15) is 37.9 Å². The molecule has 0 fully saturated rings. The van der Waals surface area contributed by atoms with Gasteiger partial charge in [-0.05, 0) is 38.0 Å². The molecule has 0 aromatic heterocycles. The number of rotatable bonds is 2. The van der Waals surface area contributed by atoms with Crippen molar-refractivity contribution in [2.45, 2.75) is 39.0 Å². The highest BCUT2D eigenvalue weighted by molar-refractivity contribution is 5.84. The first kappa shape index (κ1) is 15.3. The maximum absolute atomic E-state index is 12.2. The van der Waals surface area contributed by atoms with Crippen molar-refractivity contribution in [3.63, 3.8) is 0 Å². The summed E-state index contributed by atoms with van der Waals surface area (Å²) >= 11 is 0. The number of benzene rings is 1. The molecular weight excluding hydrogens is 276 g/mol. The van der Waals surface area contributed by atoms with E-state index >= 15 is 0 Å². The van der Waals surface area contributed by atoms with Gasteiger partial charge in [0.25, 0.3) is 0 Å². The van der Waals surface area contributed by atoms with Gasteiger partial charge in [-0.3, -0.25) is 4.90 Å². The van der Waals surface area contributed by atoms with Gasteiger partial charge in [0.2, 0.25) is 0 Å². The van der Waals surface area contributed by atoms with Gasteiger partial charge < -0.3 is 20.5 Å². The minimum Gasteiger partial charge on any atom is -0.630 e. The molecule has 1 aliphatic heterocycles. The Kier molecular flexibility index (Phi) is 3.89. The van der Waals surface area contributed by atoms with Crippen LogP contribution in [0.2, 0.25) is 0 Å². The molecule has 3 N–H and O–H groups in total. The van der Waals surface area contributed by atoms with Gasteiger partial charge in [-0.2, -0.15) is 0 Å². The monoisotopic (exact) mass is 294 g/mol. The molecule has 1 heterocycles. The molecule has 1 aliphatic rings. The molecule has 1 aromatic rings. The van der Waals surface area contributed by atoms with Gasteiger partial charge in [0.05, 0.1) is 6.54 Å². The quantitative estimate of drug-likeness (QED) is 0.630. The molecule has 2 rings (SSSR count). The second kappa shape index (κ2) is 5.34. The SMILES string of the molecule is CC(C)(C)OC(=O)N1Cc2ccc([NH2+][O-])cc2[C@H]1C(=O)O. The van der Waals surface area contributed by atoms with E-state index in [1.165, 1.54) is 6.07 Å². The maximum Gasteiger partial charge on any atom is 0.411 e. The minimum atomic E-state index is -1.15. The van der Waals surface area contributed by atoms with E-state index in [0.717, 1.165) is 4.90 Å². The van der Waals surface area contributed by atoms with E-state index in [1.54, 1.807) is 32.9 Å². The molecule has 0 aliphatic carbocycles. The number of aliphatic carboxylic acids is 1. The van der Waals surface area contributed by atoms with Gasteiger partial charge in [0.15, 0.2) is 6.04 Å². The molecule has 1 aromatic carbocycles. The van der Waals surface area contributed by atoms with E-state index in [4.69, 9.17) is 4.74 Å². The Bertz CT molecular complexity index is 579. The average molecular weight is 294 g/mol. The third kappa shape index (κ3) is 3.14. The first-order chi connectivity index (χ1) is 9.73. The van der Waals surface area contributed by atoms with Crippen LogP contribution in [-0.4, -0.2) is 27.7 Å². The lowest BCUT2D eigenvalue weighted by atomic mass is 10.0. The third-order valence-electron chi connectivity index (χ3n) is 3.11. The molecule has 0 spiro atoms. The summed E-state index contributed by atoms with van der Waals surface area (Å²) in [5.41, 5.74) is 1.49. The van der Waals surface area contributed by atoms with Crippen molar-refractivity contribution in [2.24, 2.45) is 0 Å². The number of ether oxygens (including phenoxy) is 1. The van der Waals surface area contributed by atoms with E-state index in [9.17, 15) is 19.9 Å². The lowest BCUT2D eigenvalue weighted by molar-refractivity contribution is -0.497. The predicted molar refractivity (Wildman–Crippen MR) is 73.5 cm³/mol. The lowest BCUT2D eigenvalue weighted by Gasteiger charge is -2.27. The highest BCUT2D eigenvalue weighted by Gasteiger charge is 2.40. The highest BCUT2D eigenvalue weighted by atomic mass is 16.6. The lowest BCUT2D eigenvalue weighted by Crippen LogP contribution is -2.70. The van der Waals surface area contributed by atoms with Crippen molar-refractivity contribution in [3.8, 4) is 0 Å². The van der Waals surface area contributed by atoms with Crippen molar-refractivity contribution in [3.05, 3.63) is 34.5 Å². The first-order valence-corrected chi connectivity index (χ1v) is 6.53.